The zero-order valence-corrected chi connectivity index (χ0v) is 10.4. The van der Waals surface area contributed by atoms with Crippen LogP contribution in [0.2, 0.25) is 5.02 Å². The maximum atomic E-state index is 12.3. The van der Waals surface area contributed by atoms with Gasteiger partial charge in [0.05, 0.1) is 29.3 Å². The summed E-state index contributed by atoms with van der Waals surface area (Å²) in [5.41, 5.74) is -4.94. The first-order chi connectivity index (χ1) is 8.28. The van der Waals surface area contributed by atoms with Crippen molar-refractivity contribution in [3.63, 3.8) is 0 Å². The Kier molecular flexibility index (Phi) is 4.48. The molecule has 0 radical (unpaired) electrons. The van der Waals surface area contributed by atoms with Gasteiger partial charge in [-0.1, -0.05) is 11.6 Å². The number of carbonyl (C=O) groups is 1. The topological polar surface area (TPSA) is 50.1 Å². The van der Waals surface area contributed by atoms with E-state index in [1.807, 2.05) is 0 Å². The number of benzene rings is 1. The van der Waals surface area contributed by atoms with E-state index in [1.165, 1.54) is 0 Å². The van der Waals surface area contributed by atoms with Gasteiger partial charge in [-0.25, -0.2) is 4.79 Å². The lowest BCUT2D eigenvalue weighted by Gasteiger charge is -2.10. The number of rotatable bonds is 2. The molecule has 8 heteroatoms. The molecule has 0 aliphatic carbocycles. The standard InChI is InChI=1S/C10H5ClF3NO2S/c1-17-9(16)6-2-5(4-15)3-7(8(6)11)18-10(12,13)14/h2-3H,1H3. The van der Waals surface area contributed by atoms with E-state index in [0.717, 1.165) is 19.2 Å². The van der Waals surface area contributed by atoms with Crippen molar-refractivity contribution in [2.24, 2.45) is 0 Å². The van der Waals surface area contributed by atoms with Crippen LogP contribution in [-0.4, -0.2) is 18.6 Å². The quantitative estimate of drug-likeness (QED) is 0.618. The van der Waals surface area contributed by atoms with Crippen LogP contribution >= 0.6 is 23.4 Å². The van der Waals surface area contributed by atoms with Crippen molar-refractivity contribution in [2.75, 3.05) is 7.11 Å². The highest BCUT2D eigenvalue weighted by Crippen LogP contribution is 2.41. The van der Waals surface area contributed by atoms with Crippen molar-refractivity contribution in [2.45, 2.75) is 10.4 Å². The fourth-order valence-corrected chi connectivity index (χ4v) is 2.06. The third-order valence-electron chi connectivity index (χ3n) is 1.80. The zero-order chi connectivity index (χ0) is 13.9. The summed E-state index contributed by atoms with van der Waals surface area (Å²) in [4.78, 5) is 10.9. The van der Waals surface area contributed by atoms with E-state index >= 15 is 0 Å². The summed E-state index contributed by atoms with van der Waals surface area (Å²) < 4.78 is 41.2. The first kappa shape index (κ1) is 14.7. The number of nitrogens with zero attached hydrogens (tertiary/aromatic N) is 1. The van der Waals surface area contributed by atoms with Gasteiger partial charge in [0, 0.05) is 4.90 Å². The highest BCUT2D eigenvalue weighted by Gasteiger charge is 2.31. The Morgan fingerprint density at radius 1 is 1.50 bits per heavy atom. The molecule has 0 aliphatic rings. The number of esters is 1. The predicted molar refractivity (Wildman–Crippen MR) is 59.4 cm³/mol. The lowest BCUT2D eigenvalue weighted by molar-refractivity contribution is -0.0328. The molecule has 0 amide bonds. The smallest absolute Gasteiger partial charge is 0.446 e. The minimum atomic E-state index is -4.56. The maximum Gasteiger partial charge on any atom is 0.446 e. The molecule has 1 aromatic rings. The van der Waals surface area contributed by atoms with Crippen LogP contribution in [0.3, 0.4) is 0 Å². The van der Waals surface area contributed by atoms with Crippen molar-refractivity contribution >= 4 is 29.3 Å². The van der Waals surface area contributed by atoms with Gasteiger partial charge < -0.3 is 4.74 Å². The van der Waals surface area contributed by atoms with Crippen molar-refractivity contribution in [1.29, 1.82) is 5.26 Å². The second-order valence-electron chi connectivity index (χ2n) is 2.99. The van der Waals surface area contributed by atoms with Crippen LogP contribution in [0.1, 0.15) is 15.9 Å². The van der Waals surface area contributed by atoms with Gasteiger partial charge in [0.25, 0.3) is 0 Å². The van der Waals surface area contributed by atoms with Crippen molar-refractivity contribution in [1.82, 2.24) is 0 Å². The van der Waals surface area contributed by atoms with Crippen molar-refractivity contribution in [3.8, 4) is 6.07 Å². The lowest BCUT2D eigenvalue weighted by Crippen LogP contribution is -2.05. The number of alkyl halides is 3. The zero-order valence-electron chi connectivity index (χ0n) is 8.84. The number of hydrogen-bond acceptors (Lipinski definition) is 4. The molecular weight excluding hydrogens is 291 g/mol. The number of thioether (sulfide) groups is 1. The molecule has 96 valence electrons. The number of methoxy groups -OCH3 is 1. The fourth-order valence-electron chi connectivity index (χ4n) is 1.12. The van der Waals surface area contributed by atoms with Gasteiger partial charge in [0.15, 0.2) is 0 Å². The molecule has 0 atom stereocenters. The third-order valence-corrected chi connectivity index (χ3v) is 3.09. The van der Waals surface area contributed by atoms with Gasteiger partial charge >= 0.3 is 11.5 Å². The first-order valence-corrected chi connectivity index (χ1v) is 5.55. The van der Waals surface area contributed by atoms with Gasteiger partial charge in [0.2, 0.25) is 0 Å². The van der Waals surface area contributed by atoms with E-state index in [9.17, 15) is 18.0 Å². The summed E-state index contributed by atoms with van der Waals surface area (Å²) in [6.45, 7) is 0. The molecule has 0 bridgehead atoms. The monoisotopic (exact) mass is 295 g/mol. The number of nitriles is 1. The van der Waals surface area contributed by atoms with Crippen LogP contribution in [0.15, 0.2) is 17.0 Å². The van der Waals surface area contributed by atoms with Crippen molar-refractivity contribution in [3.05, 3.63) is 28.3 Å². The summed E-state index contributed by atoms with van der Waals surface area (Å²) in [6.07, 6.45) is 0. The molecule has 1 rings (SSSR count). The predicted octanol–water partition coefficient (Wildman–Crippen LogP) is 3.61. The van der Waals surface area contributed by atoms with Crippen LogP contribution in [-0.2, 0) is 4.74 Å². The molecule has 3 nitrogen and oxygen atoms in total. The molecule has 0 aliphatic heterocycles. The highest BCUT2D eigenvalue weighted by molar-refractivity contribution is 8.00. The Morgan fingerprint density at radius 3 is 2.56 bits per heavy atom. The normalized spacial score (nSPS) is 10.9. The molecule has 0 fully saturated rings. The molecule has 0 saturated carbocycles. The number of ether oxygens (including phenoxy) is 1. The summed E-state index contributed by atoms with van der Waals surface area (Å²) >= 11 is 5.19. The van der Waals surface area contributed by atoms with E-state index in [-0.39, 0.29) is 16.1 Å². The SMILES string of the molecule is COC(=O)c1cc(C#N)cc(SC(F)(F)F)c1Cl. The molecule has 0 N–H and O–H groups in total. The summed E-state index contributed by atoms with van der Waals surface area (Å²) in [5, 5.41) is 8.31. The molecule has 0 unspecified atom stereocenters. The average Bonchev–Trinajstić information content (AvgIpc) is 2.29. The third kappa shape index (κ3) is 3.55. The van der Waals surface area contributed by atoms with E-state index in [4.69, 9.17) is 16.9 Å². The molecule has 0 heterocycles. The second kappa shape index (κ2) is 5.50. The summed E-state index contributed by atoms with van der Waals surface area (Å²) in [5.74, 6) is -0.902. The largest absolute Gasteiger partial charge is 0.465 e. The van der Waals surface area contributed by atoms with Crippen LogP contribution in [0, 0.1) is 11.3 Å². The highest BCUT2D eigenvalue weighted by atomic mass is 35.5. The van der Waals surface area contributed by atoms with E-state index in [1.54, 1.807) is 6.07 Å². The molecule has 0 spiro atoms. The Bertz CT molecular complexity index is 525. The average molecular weight is 296 g/mol. The molecule has 0 aromatic heterocycles. The number of hydrogen-bond donors (Lipinski definition) is 0. The van der Waals surface area contributed by atoms with Crippen LogP contribution < -0.4 is 0 Å². The first-order valence-electron chi connectivity index (χ1n) is 4.36. The Morgan fingerprint density at radius 2 is 2.11 bits per heavy atom. The van der Waals surface area contributed by atoms with Gasteiger partial charge in [-0.05, 0) is 23.9 Å². The van der Waals surface area contributed by atoms with Gasteiger partial charge in [0.1, 0.15) is 0 Å². The lowest BCUT2D eigenvalue weighted by atomic mass is 10.1. The Balaban J connectivity index is 3.35. The summed E-state index contributed by atoms with van der Waals surface area (Å²) in [7, 11) is 1.06. The van der Waals surface area contributed by atoms with Gasteiger partial charge in [-0.15, -0.1) is 0 Å². The number of carbonyl (C=O) groups excluding carboxylic acids is 1. The van der Waals surface area contributed by atoms with Gasteiger partial charge in [-0.2, -0.15) is 18.4 Å². The Hall–Kier alpha value is -1.39. The molecule has 1 aromatic carbocycles. The van der Waals surface area contributed by atoms with Crippen LogP contribution in [0.5, 0.6) is 0 Å². The van der Waals surface area contributed by atoms with Gasteiger partial charge in [-0.3, -0.25) is 0 Å². The molecule has 18 heavy (non-hydrogen) atoms. The fraction of sp³-hybridized carbons (Fsp3) is 0.200. The maximum absolute atomic E-state index is 12.3. The van der Waals surface area contributed by atoms with E-state index in [0.29, 0.717) is 0 Å². The van der Waals surface area contributed by atoms with Crippen LogP contribution in [0.4, 0.5) is 13.2 Å². The van der Waals surface area contributed by atoms with E-state index in [2.05, 4.69) is 4.74 Å². The molecule has 0 saturated heterocycles. The minimum Gasteiger partial charge on any atom is -0.465 e. The number of halogens is 4. The summed E-state index contributed by atoms with van der Waals surface area (Å²) in [6, 6.07) is 3.70. The minimum absolute atomic E-state index is 0.105. The van der Waals surface area contributed by atoms with Crippen molar-refractivity contribution < 1.29 is 22.7 Å². The van der Waals surface area contributed by atoms with Crippen LogP contribution in [0.25, 0.3) is 0 Å². The van der Waals surface area contributed by atoms with E-state index < -0.39 is 28.1 Å². The second-order valence-corrected chi connectivity index (χ2v) is 4.47. The Labute approximate surface area is 109 Å². The molecular formula is C10H5ClF3NO2S.